The zero-order valence-electron chi connectivity index (χ0n) is 19.4. The van der Waals surface area contributed by atoms with Gasteiger partial charge in [0.25, 0.3) is 0 Å². The molecule has 7 nitrogen and oxygen atoms in total. The van der Waals surface area contributed by atoms with Gasteiger partial charge in [-0.1, -0.05) is 61.9 Å². The van der Waals surface area contributed by atoms with Crippen molar-refractivity contribution in [3.63, 3.8) is 0 Å². The highest BCUT2D eigenvalue weighted by Crippen LogP contribution is 2.45. The van der Waals surface area contributed by atoms with Crippen molar-refractivity contribution in [3.8, 4) is 11.1 Å². The number of likely N-dealkylation sites (tertiary alicyclic amines) is 1. The smallest absolute Gasteiger partial charge is 0.408 e. The summed E-state index contributed by atoms with van der Waals surface area (Å²) in [5.41, 5.74) is 2.31. The number of carbonyl (C=O) groups is 3. The SMILES string of the molecule is CCCC1(C(=O)O)CCCN1C(=O)C1(NC(=O)OCC2c3ccccc3-c3ccccc32)CC1. The van der Waals surface area contributed by atoms with Crippen molar-refractivity contribution >= 4 is 18.0 Å². The van der Waals surface area contributed by atoms with Gasteiger partial charge >= 0.3 is 12.1 Å². The Morgan fingerprint density at radius 3 is 2.21 bits per heavy atom. The molecule has 0 radical (unpaired) electrons. The number of nitrogens with zero attached hydrogens (tertiary/aromatic N) is 1. The molecular formula is C27H30N2O5. The Balaban J connectivity index is 1.28. The average Bonchev–Trinajstić information content (AvgIpc) is 3.37. The lowest BCUT2D eigenvalue weighted by Gasteiger charge is -2.37. The van der Waals surface area contributed by atoms with Crippen LogP contribution >= 0.6 is 0 Å². The van der Waals surface area contributed by atoms with Crippen LogP contribution in [-0.2, 0) is 14.3 Å². The zero-order chi connectivity index (χ0) is 23.9. The van der Waals surface area contributed by atoms with Gasteiger partial charge in [0.15, 0.2) is 0 Å². The van der Waals surface area contributed by atoms with Crippen LogP contribution < -0.4 is 5.32 Å². The second kappa shape index (κ2) is 8.46. The minimum absolute atomic E-state index is 0.0631. The van der Waals surface area contributed by atoms with Crippen LogP contribution in [0, 0.1) is 0 Å². The molecule has 1 atom stereocenters. The number of carboxylic acid groups (broad SMARTS) is 1. The molecule has 34 heavy (non-hydrogen) atoms. The molecule has 1 aliphatic heterocycles. The maximum atomic E-state index is 13.4. The van der Waals surface area contributed by atoms with E-state index in [0.29, 0.717) is 45.1 Å². The van der Waals surface area contributed by atoms with Crippen LogP contribution in [0.25, 0.3) is 11.1 Å². The number of aliphatic carboxylic acids is 1. The molecule has 1 heterocycles. The highest BCUT2D eigenvalue weighted by atomic mass is 16.5. The molecule has 178 valence electrons. The Bertz CT molecular complexity index is 1100. The van der Waals surface area contributed by atoms with Crippen molar-refractivity contribution < 1.29 is 24.2 Å². The van der Waals surface area contributed by atoms with Crippen LogP contribution in [0.1, 0.15) is 62.5 Å². The number of nitrogens with one attached hydrogen (secondary N) is 1. The fourth-order valence-corrected chi connectivity index (χ4v) is 5.78. The number of fused-ring (bicyclic) bond motifs is 3. The molecule has 1 saturated carbocycles. The van der Waals surface area contributed by atoms with Crippen LogP contribution in [0.15, 0.2) is 48.5 Å². The lowest BCUT2D eigenvalue weighted by molar-refractivity contribution is -0.158. The maximum Gasteiger partial charge on any atom is 0.408 e. The maximum absolute atomic E-state index is 13.4. The number of carboxylic acids is 1. The zero-order valence-corrected chi connectivity index (χ0v) is 19.4. The third kappa shape index (κ3) is 3.54. The van der Waals surface area contributed by atoms with Crippen LogP contribution in [0.5, 0.6) is 0 Å². The van der Waals surface area contributed by atoms with Crippen molar-refractivity contribution in [1.29, 1.82) is 0 Å². The predicted octanol–water partition coefficient (Wildman–Crippen LogP) is 4.30. The molecule has 1 unspecified atom stereocenters. The van der Waals surface area contributed by atoms with Crippen molar-refractivity contribution in [3.05, 3.63) is 59.7 Å². The van der Waals surface area contributed by atoms with Gasteiger partial charge in [-0.15, -0.1) is 0 Å². The Kier molecular flexibility index (Phi) is 5.58. The highest BCUT2D eigenvalue weighted by Gasteiger charge is 2.59. The van der Waals surface area contributed by atoms with Gasteiger partial charge in [0.1, 0.15) is 17.7 Å². The molecular weight excluding hydrogens is 432 g/mol. The predicted molar refractivity (Wildman–Crippen MR) is 126 cm³/mol. The van der Waals surface area contributed by atoms with E-state index in [4.69, 9.17) is 4.74 Å². The number of alkyl carbamates (subject to hydrolysis) is 1. The molecule has 5 rings (SSSR count). The lowest BCUT2D eigenvalue weighted by atomic mass is 9.90. The van der Waals surface area contributed by atoms with Gasteiger partial charge in [0.05, 0.1) is 0 Å². The van der Waals surface area contributed by atoms with Crippen molar-refractivity contribution in [2.75, 3.05) is 13.2 Å². The van der Waals surface area contributed by atoms with Crippen molar-refractivity contribution in [2.24, 2.45) is 0 Å². The van der Waals surface area contributed by atoms with Gasteiger partial charge in [0.2, 0.25) is 5.91 Å². The summed E-state index contributed by atoms with van der Waals surface area (Å²) in [5.74, 6) is -1.32. The summed E-state index contributed by atoms with van der Waals surface area (Å²) in [6.45, 7) is 2.50. The number of rotatable bonds is 7. The number of benzene rings is 2. The Morgan fingerprint density at radius 2 is 1.65 bits per heavy atom. The monoisotopic (exact) mass is 462 g/mol. The molecule has 2 aromatic rings. The van der Waals surface area contributed by atoms with Gasteiger partial charge in [-0.3, -0.25) is 4.79 Å². The van der Waals surface area contributed by atoms with Crippen LogP contribution in [0.4, 0.5) is 4.79 Å². The molecule has 2 N–H and O–H groups in total. The highest BCUT2D eigenvalue weighted by molar-refractivity contribution is 5.97. The average molecular weight is 463 g/mol. The van der Waals surface area contributed by atoms with E-state index in [-0.39, 0.29) is 18.4 Å². The molecule has 2 fully saturated rings. The first kappa shape index (κ1) is 22.4. The molecule has 1 saturated heterocycles. The summed E-state index contributed by atoms with van der Waals surface area (Å²) in [4.78, 5) is 39.9. The molecule has 0 bridgehead atoms. The van der Waals surface area contributed by atoms with E-state index in [1.165, 1.54) is 4.90 Å². The van der Waals surface area contributed by atoms with E-state index in [0.717, 1.165) is 22.3 Å². The summed E-state index contributed by atoms with van der Waals surface area (Å²) in [6, 6.07) is 16.2. The molecule has 0 aromatic heterocycles. The van der Waals surface area contributed by atoms with Crippen LogP contribution in [0.2, 0.25) is 0 Å². The molecule has 0 spiro atoms. The molecule has 2 aliphatic carbocycles. The standard InChI is InChI=1S/C27H30N2O5/c1-2-12-27(24(31)32)13-7-16-29(27)23(30)26(14-15-26)28-25(33)34-17-22-20-10-5-3-8-18(20)19-9-4-6-11-21(19)22/h3-6,8-11,22H,2,7,12-17H2,1H3,(H,28,33)(H,31,32). The van der Waals surface area contributed by atoms with Gasteiger partial charge in [-0.25, -0.2) is 9.59 Å². The van der Waals surface area contributed by atoms with Crippen LogP contribution in [0.3, 0.4) is 0 Å². The van der Waals surface area contributed by atoms with E-state index in [9.17, 15) is 19.5 Å². The van der Waals surface area contributed by atoms with Gasteiger partial charge in [-0.05, 0) is 54.4 Å². The minimum Gasteiger partial charge on any atom is -0.479 e. The van der Waals surface area contributed by atoms with Gasteiger partial charge in [-0.2, -0.15) is 0 Å². The number of hydrogen-bond acceptors (Lipinski definition) is 4. The summed E-state index contributed by atoms with van der Waals surface area (Å²) in [6.07, 6.45) is 2.53. The summed E-state index contributed by atoms with van der Waals surface area (Å²) < 4.78 is 5.64. The van der Waals surface area contributed by atoms with E-state index in [1.54, 1.807) is 0 Å². The third-order valence-corrected chi connectivity index (χ3v) is 7.64. The lowest BCUT2D eigenvalue weighted by Crippen LogP contribution is -2.59. The summed E-state index contributed by atoms with van der Waals surface area (Å²) >= 11 is 0. The first-order valence-corrected chi connectivity index (χ1v) is 12.1. The number of amides is 2. The molecule has 2 aromatic carbocycles. The largest absolute Gasteiger partial charge is 0.479 e. The second-order valence-electron chi connectivity index (χ2n) is 9.68. The Hall–Kier alpha value is -3.35. The molecule has 2 amide bonds. The fraction of sp³-hybridized carbons (Fsp3) is 0.444. The van der Waals surface area contributed by atoms with Crippen molar-refractivity contribution in [1.82, 2.24) is 10.2 Å². The molecule has 7 heteroatoms. The molecule has 3 aliphatic rings. The number of hydrogen-bond donors (Lipinski definition) is 2. The first-order valence-electron chi connectivity index (χ1n) is 12.1. The Labute approximate surface area is 199 Å². The quantitative estimate of drug-likeness (QED) is 0.640. The summed E-state index contributed by atoms with van der Waals surface area (Å²) in [7, 11) is 0. The summed E-state index contributed by atoms with van der Waals surface area (Å²) in [5, 5.41) is 12.7. The minimum atomic E-state index is -1.18. The van der Waals surface area contributed by atoms with E-state index in [2.05, 4.69) is 29.6 Å². The topological polar surface area (TPSA) is 95.9 Å². The third-order valence-electron chi connectivity index (χ3n) is 7.64. The van der Waals surface area contributed by atoms with E-state index in [1.807, 2.05) is 31.2 Å². The fourth-order valence-electron chi connectivity index (χ4n) is 5.78. The Morgan fingerprint density at radius 1 is 1.03 bits per heavy atom. The number of ether oxygens (including phenoxy) is 1. The first-order chi connectivity index (χ1) is 16.4. The van der Waals surface area contributed by atoms with E-state index < -0.39 is 23.1 Å². The van der Waals surface area contributed by atoms with Gasteiger partial charge < -0.3 is 20.1 Å². The number of carbonyl (C=O) groups excluding carboxylic acids is 2. The normalized spacial score (nSPS) is 22.1. The van der Waals surface area contributed by atoms with Crippen molar-refractivity contribution in [2.45, 2.75) is 62.4 Å². The van der Waals surface area contributed by atoms with Gasteiger partial charge in [0, 0.05) is 12.5 Å². The van der Waals surface area contributed by atoms with Crippen LogP contribution in [-0.4, -0.2) is 52.2 Å². The second-order valence-corrected chi connectivity index (χ2v) is 9.68. The van der Waals surface area contributed by atoms with E-state index >= 15 is 0 Å².